The van der Waals surface area contributed by atoms with Crippen molar-refractivity contribution in [2.24, 2.45) is 28.1 Å². The summed E-state index contributed by atoms with van der Waals surface area (Å²) in [5, 5.41) is 0. The van der Waals surface area contributed by atoms with Crippen LogP contribution in [0.4, 0.5) is 13.2 Å². The molecular formula is C41H71F3O11. The molecule has 0 aromatic carbocycles. The Bertz CT molecular complexity index is 1300. The Hall–Kier alpha value is -2.45. The highest BCUT2D eigenvalue weighted by Gasteiger charge is 2.64. The van der Waals surface area contributed by atoms with Gasteiger partial charge in [-0.1, -0.05) is 48.0 Å². The lowest BCUT2D eigenvalue weighted by molar-refractivity contribution is -0.221. The first-order valence-electron chi connectivity index (χ1n) is 19.4. The lowest BCUT2D eigenvalue weighted by Gasteiger charge is -2.39. The van der Waals surface area contributed by atoms with Crippen LogP contribution in [-0.4, -0.2) is 78.3 Å². The normalized spacial score (nSPS) is 28.0. The molecule has 11 nitrogen and oxygen atoms in total. The van der Waals surface area contributed by atoms with Crippen LogP contribution in [0, 0.1) is 28.1 Å². The van der Waals surface area contributed by atoms with Gasteiger partial charge in [0.2, 0.25) is 6.10 Å². The van der Waals surface area contributed by atoms with Gasteiger partial charge in [-0.2, -0.15) is 13.2 Å². The molecule has 0 aromatic rings. The molecule has 55 heavy (non-hydrogen) atoms. The van der Waals surface area contributed by atoms with E-state index < -0.39 is 77.5 Å². The number of hydrogen-bond acceptors (Lipinski definition) is 11. The molecule has 3 saturated heterocycles. The van der Waals surface area contributed by atoms with Crippen molar-refractivity contribution in [1.29, 1.82) is 0 Å². The largest absolute Gasteiger partial charge is 0.459 e. The molecule has 0 bridgehead atoms. The first-order valence-corrected chi connectivity index (χ1v) is 19.4. The Labute approximate surface area is 327 Å². The molecule has 0 amide bonds. The molecule has 3 aliphatic heterocycles. The topological polar surface area (TPSA) is 133 Å². The maximum Gasteiger partial charge on any atom is 0.425 e. The fourth-order valence-electron chi connectivity index (χ4n) is 5.84. The smallest absolute Gasteiger partial charge is 0.425 e. The maximum absolute atomic E-state index is 12.2. The number of carbonyl (C=O) groups excluding carboxylic acids is 4. The lowest BCUT2D eigenvalue weighted by atomic mass is 9.75. The van der Waals surface area contributed by atoms with Crippen LogP contribution in [0.1, 0.15) is 156 Å². The van der Waals surface area contributed by atoms with Crippen LogP contribution in [0.5, 0.6) is 0 Å². The average Bonchev–Trinajstić information content (AvgIpc) is 3.65. The van der Waals surface area contributed by atoms with Crippen LogP contribution in [-0.2, 0) is 52.3 Å². The van der Waals surface area contributed by atoms with Crippen molar-refractivity contribution in [3.63, 3.8) is 0 Å². The summed E-state index contributed by atoms with van der Waals surface area (Å²) >= 11 is 0. The lowest BCUT2D eigenvalue weighted by Crippen LogP contribution is -2.42. The number of carbonyl (C=O) groups is 4. The number of alkyl halides is 3. The minimum absolute atomic E-state index is 0. The summed E-state index contributed by atoms with van der Waals surface area (Å²) in [4.78, 5) is 47.6. The molecule has 1 aliphatic carbocycles. The van der Waals surface area contributed by atoms with Crippen molar-refractivity contribution in [2.45, 2.75) is 211 Å². The van der Waals surface area contributed by atoms with E-state index in [2.05, 4.69) is 25.5 Å². The maximum atomic E-state index is 12.2. The van der Waals surface area contributed by atoms with E-state index >= 15 is 0 Å². The molecule has 3 heterocycles. The van der Waals surface area contributed by atoms with E-state index in [1.165, 1.54) is 25.7 Å². The fourth-order valence-corrected chi connectivity index (χ4v) is 5.84. The van der Waals surface area contributed by atoms with Crippen LogP contribution >= 0.6 is 0 Å². The highest BCUT2D eigenvalue weighted by molar-refractivity contribution is 5.84. The quantitative estimate of drug-likeness (QED) is 0.155. The molecule has 1 saturated carbocycles. The number of halogens is 3. The van der Waals surface area contributed by atoms with Gasteiger partial charge in [0.05, 0.1) is 16.2 Å². The molecule has 6 unspecified atom stereocenters. The van der Waals surface area contributed by atoms with E-state index in [1.54, 1.807) is 48.5 Å². The van der Waals surface area contributed by atoms with Crippen molar-refractivity contribution in [3.05, 3.63) is 0 Å². The fraction of sp³-hybridized carbons (Fsp3) is 0.902. The van der Waals surface area contributed by atoms with Crippen LogP contribution in [0.25, 0.3) is 0 Å². The Morgan fingerprint density at radius 1 is 0.764 bits per heavy atom. The molecule has 0 N–H and O–H groups in total. The number of esters is 4. The van der Waals surface area contributed by atoms with E-state index in [4.69, 9.17) is 28.4 Å². The van der Waals surface area contributed by atoms with Crippen molar-refractivity contribution in [1.82, 2.24) is 0 Å². The van der Waals surface area contributed by atoms with E-state index in [9.17, 15) is 32.3 Å². The summed E-state index contributed by atoms with van der Waals surface area (Å²) in [5.41, 5.74) is -2.20. The van der Waals surface area contributed by atoms with Gasteiger partial charge in [-0.3, -0.25) is 14.4 Å². The predicted molar refractivity (Wildman–Crippen MR) is 200 cm³/mol. The Kier molecular flexibility index (Phi) is 17.4. The Morgan fingerprint density at radius 3 is 1.71 bits per heavy atom. The molecule has 4 rings (SSSR count). The van der Waals surface area contributed by atoms with Gasteiger partial charge in [0, 0.05) is 0 Å². The SMILES string of the molecule is C.CCC(C)(C)C(=O)OC(C)(C)C1CCC(C)CC1.CCC(C)(C)C(=O)OC(C)C(F)(F)F.CCC(C)(C)C(=O)OC1C(=O)OC2C3OC(C)(C)OC3OC12. The number of hydrogen-bond donors (Lipinski definition) is 0. The highest BCUT2D eigenvalue weighted by atomic mass is 19.4. The van der Waals surface area contributed by atoms with Gasteiger partial charge < -0.3 is 33.2 Å². The Balaban J connectivity index is 0.000000421. The second-order valence-corrected chi connectivity index (χ2v) is 18.0. The van der Waals surface area contributed by atoms with Gasteiger partial charge in [-0.25, -0.2) is 4.79 Å². The minimum atomic E-state index is -4.49. The first kappa shape index (κ1) is 50.6. The standard InChI is InChI=1S/C16H30O2.C15H22O7.C9H15F3O2.CH4/c1-7-15(3,4)14(17)18-16(5,6)13-10-8-12(2)9-11-13;1-6-14(2,3)13(17)20-9-7-8(18-11(9)16)10-12(19-7)22-15(4,5)21-10;1-5-8(3,4)7(13)14-6(2)9(10,11)12;/h12-13H,7-11H2,1-6H3;7-10,12H,6H2,1-5H3;6H,5H2,1-4H3;1H4. The number of fused-ring (bicyclic) bond motifs is 3. The zero-order valence-corrected chi connectivity index (χ0v) is 35.2. The van der Waals surface area contributed by atoms with Crippen LogP contribution < -0.4 is 0 Å². The molecule has 0 radical (unpaired) electrons. The molecule has 4 aliphatic rings. The molecule has 0 spiro atoms. The second-order valence-electron chi connectivity index (χ2n) is 18.0. The zero-order chi connectivity index (χ0) is 41.8. The summed E-state index contributed by atoms with van der Waals surface area (Å²) in [7, 11) is 0. The van der Waals surface area contributed by atoms with Gasteiger partial charge in [0.25, 0.3) is 0 Å². The molecule has 6 atom stereocenters. The third-order valence-electron chi connectivity index (χ3n) is 11.5. The van der Waals surface area contributed by atoms with Crippen LogP contribution in [0.15, 0.2) is 0 Å². The van der Waals surface area contributed by atoms with E-state index in [0.29, 0.717) is 18.8 Å². The summed E-state index contributed by atoms with van der Waals surface area (Å²) in [6.07, 6.45) is -3.21. The average molecular weight is 797 g/mol. The van der Waals surface area contributed by atoms with E-state index in [1.807, 2.05) is 27.7 Å². The summed E-state index contributed by atoms with van der Waals surface area (Å²) in [5.74, 6) is -1.34. The summed E-state index contributed by atoms with van der Waals surface area (Å²) < 4.78 is 73.9. The first-order chi connectivity index (χ1) is 24.4. The molecule has 14 heteroatoms. The molecular weight excluding hydrogens is 725 g/mol. The zero-order valence-electron chi connectivity index (χ0n) is 35.2. The summed E-state index contributed by atoms with van der Waals surface area (Å²) in [6.45, 7) is 27.1. The molecule has 0 aromatic heterocycles. The van der Waals surface area contributed by atoms with Crippen molar-refractivity contribution >= 4 is 23.9 Å². The van der Waals surface area contributed by atoms with Crippen LogP contribution in [0.3, 0.4) is 0 Å². The van der Waals surface area contributed by atoms with Gasteiger partial charge in [0.1, 0.15) is 11.7 Å². The van der Waals surface area contributed by atoms with Crippen molar-refractivity contribution < 1.29 is 65.5 Å². The van der Waals surface area contributed by atoms with E-state index in [0.717, 1.165) is 19.3 Å². The molecule has 4 fully saturated rings. The van der Waals surface area contributed by atoms with Gasteiger partial charge >= 0.3 is 30.1 Å². The van der Waals surface area contributed by atoms with Crippen molar-refractivity contribution in [3.8, 4) is 0 Å². The third-order valence-corrected chi connectivity index (χ3v) is 11.5. The Morgan fingerprint density at radius 2 is 1.24 bits per heavy atom. The second kappa shape index (κ2) is 18.9. The third kappa shape index (κ3) is 13.3. The monoisotopic (exact) mass is 796 g/mol. The summed E-state index contributed by atoms with van der Waals surface area (Å²) in [6, 6.07) is 0. The van der Waals surface area contributed by atoms with Crippen molar-refractivity contribution in [2.75, 3.05) is 0 Å². The van der Waals surface area contributed by atoms with Crippen LogP contribution in [0.2, 0.25) is 0 Å². The van der Waals surface area contributed by atoms with Gasteiger partial charge in [0.15, 0.2) is 30.4 Å². The van der Waals surface area contributed by atoms with Gasteiger partial charge in [-0.15, -0.1) is 0 Å². The number of ether oxygens (including phenoxy) is 7. The predicted octanol–water partition coefficient (Wildman–Crippen LogP) is 9.26. The minimum Gasteiger partial charge on any atom is -0.459 e. The van der Waals surface area contributed by atoms with E-state index in [-0.39, 0.29) is 24.4 Å². The van der Waals surface area contributed by atoms with Gasteiger partial charge in [-0.05, 0) is 120 Å². The number of rotatable bonds is 10. The molecule has 322 valence electrons. The highest BCUT2D eigenvalue weighted by Crippen LogP contribution is 2.44.